The van der Waals surface area contributed by atoms with Crippen LogP contribution < -0.4 is 9.62 Å². The molecule has 7 nitrogen and oxygen atoms in total. The summed E-state index contributed by atoms with van der Waals surface area (Å²) in [6, 6.07) is 12.5. The molecule has 0 unspecified atom stereocenters. The molecule has 1 aliphatic heterocycles. The van der Waals surface area contributed by atoms with Crippen molar-refractivity contribution in [3.63, 3.8) is 0 Å². The summed E-state index contributed by atoms with van der Waals surface area (Å²) in [5.74, 6) is 0. The summed E-state index contributed by atoms with van der Waals surface area (Å²) < 4.78 is 53.5. The van der Waals surface area contributed by atoms with Crippen LogP contribution in [0.25, 0.3) is 0 Å². The van der Waals surface area contributed by atoms with Gasteiger partial charge in [0.2, 0.25) is 10.0 Å². The Hall–Kier alpha value is -2.10. The Kier molecular flexibility index (Phi) is 5.45. The van der Waals surface area contributed by atoms with Gasteiger partial charge in [-0.15, -0.1) is 0 Å². The van der Waals surface area contributed by atoms with E-state index < -0.39 is 20.0 Å². The second-order valence-electron chi connectivity index (χ2n) is 6.58. The number of nitrogens with zero attached hydrogens (tertiary/aromatic N) is 2. The molecule has 1 N–H and O–H groups in total. The van der Waals surface area contributed by atoms with Crippen LogP contribution in [0.5, 0.6) is 0 Å². The minimum atomic E-state index is -3.83. The topological polar surface area (TPSA) is 86.8 Å². The van der Waals surface area contributed by atoms with Crippen molar-refractivity contribution < 1.29 is 16.8 Å². The van der Waals surface area contributed by atoms with E-state index in [-0.39, 0.29) is 9.79 Å². The van der Waals surface area contributed by atoms with E-state index in [1.54, 1.807) is 12.1 Å². The zero-order valence-corrected chi connectivity index (χ0v) is 16.9. The minimum Gasteiger partial charge on any atom is -0.370 e. The second kappa shape index (κ2) is 7.49. The molecular formula is C18H23N3O4S2. The fourth-order valence-electron chi connectivity index (χ4n) is 3.00. The SMILES string of the molecule is CN(C)S(=O)(=O)c1ccc(S(=O)(=O)Nc2ccccc2N2CCCC2)cc1. The van der Waals surface area contributed by atoms with Crippen LogP contribution in [0, 0.1) is 0 Å². The Morgan fingerprint density at radius 2 is 1.41 bits per heavy atom. The van der Waals surface area contributed by atoms with E-state index in [1.165, 1.54) is 38.4 Å². The van der Waals surface area contributed by atoms with Crippen LogP contribution in [0.1, 0.15) is 12.8 Å². The lowest BCUT2D eigenvalue weighted by atomic mass is 10.2. The molecule has 0 bridgehead atoms. The van der Waals surface area contributed by atoms with Crippen LogP contribution in [0.4, 0.5) is 11.4 Å². The van der Waals surface area contributed by atoms with Gasteiger partial charge in [0.15, 0.2) is 0 Å². The molecule has 1 heterocycles. The summed E-state index contributed by atoms with van der Waals surface area (Å²) in [6.45, 7) is 1.80. The van der Waals surface area contributed by atoms with Gasteiger partial charge in [0.05, 0.1) is 21.2 Å². The third kappa shape index (κ3) is 4.10. The van der Waals surface area contributed by atoms with Gasteiger partial charge in [0, 0.05) is 27.2 Å². The molecule has 0 spiro atoms. The van der Waals surface area contributed by atoms with E-state index in [9.17, 15) is 16.8 Å². The van der Waals surface area contributed by atoms with Gasteiger partial charge in [-0.05, 0) is 49.2 Å². The maximum Gasteiger partial charge on any atom is 0.261 e. The van der Waals surface area contributed by atoms with Crippen LogP contribution in [0.2, 0.25) is 0 Å². The molecule has 0 radical (unpaired) electrons. The first-order valence-electron chi connectivity index (χ1n) is 8.61. The normalized spacial score (nSPS) is 15.3. The smallest absolute Gasteiger partial charge is 0.261 e. The lowest BCUT2D eigenvalue weighted by Gasteiger charge is -2.22. The summed E-state index contributed by atoms with van der Waals surface area (Å²) in [7, 11) is -4.58. The largest absolute Gasteiger partial charge is 0.370 e. The Bertz CT molecular complexity index is 1010. The molecule has 0 atom stereocenters. The summed E-state index contributed by atoms with van der Waals surface area (Å²) >= 11 is 0. The molecule has 1 aliphatic rings. The quantitative estimate of drug-likeness (QED) is 0.791. The van der Waals surface area contributed by atoms with E-state index >= 15 is 0 Å². The number of hydrogen-bond acceptors (Lipinski definition) is 5. The lowest BCUT2D eigenvalue weighted by Crippen LogP contribution is -2.22. The van der Waals surface area contributed by atoms with Crippen LogP contribution in [-0.4, -0.2) is 48.3 Å². The van der Waals surface area contributed by atoms with Gasteiger partial charge >= 0.3 is 0 Å². The minimum absolute atomic E-state index is 0.0106. The van der Waals surface area contributed by atoms with Crippen molar-refractivity contribution in [1.29, 1.82) is 0 Å². The van der Waals surface area contributed by atoms with Gasteiger partial charge in [-0.2, -0.15) is 0 Å². The Morgan fingerprint density at radius 3 is 2.00 bits per heavy atom. The Labute approximate surface area is 160 Å². The molecule has 146 valence electrons. The van der Waals surface area contributed by atoms with Crippen molar-refractivity contribution in [2.24, 2.45) is 0 Å². The second-order valence-corrected chi connectivity index (χ2v) is 10.4. The van der Waals surface area contributed by atoms with E-state index in [4.69, 9.17) is 0 Å². The zero-order valence-electron chi connectivity index (χ0n) is 15.3. The standard InChI is InChI=1S/C18H23N3O4S2/c1-20(2)27(24,25)16-11-9-15(10-12-16)26(22,23)19-17-7-3-4-8-18(17)21-13-5-6-14-21/h3-4,7-12,19H,5-6,13-14H2,1-2H3. The molecule has 2 aromatic rings. The molecule has 0 aliphatic carbocycles. The number of hydrogen-bond donors (Lipinski definition) is 1. The first kappa shape index (κ1) is 19.7. The number of rotatable bonds is 6. The van der Waals surface area contributed by atoms with Crippen LogP contribution in [0.3, 0.4) is 0 Å². The predicted molar refractivity (Wildman–Crippen MR) is 106 cm³/mol. The monoisotopic (exact) mass is 409 g/mol. The highest BCUT2D eigenvalue weighted by molar-refractivity contribution is 7.92. The molecule has 27 heavy (non-hydrogen) atoms. The fourth-order valence-corrected chi connectivity index (χ4v) is 4.98. The molecule has 0 amide bonds. The van der Waals surface area contributed by atoms with Crippen LogP contribution in [0.15, 0.2) is 58.3 Å². The van der Waals surface area contributed by atoms with E-state index in [0.717, 1.165) is 35.9 Å². The average molecular weight is 410 g/mol. The van der Waals surface area contributed by atoms with Gasteiger partial charge < -0.3 is 4.90 Å². The van der Waals surface area contributed by atoms with Crippen molar-refractivity contribution in [3.05, 3.63) is 48.5 Å². The molecule has 3 rings (SSSR count). The number of nitrogens with one attached hydrogen (secondary N) is 1. The van der Waals surface area contributed by atoms with Crippen molar-refractivity contribution in [2.75, 3.05) is 36.8 Å². The van der Waals surface area contributed by atoms with Crippen LogP contribution >= 0.6 is 0 Å². The van der Waals surface area contributed by atoms with Gasteiger partial charge in [0.25, 0.3) is 10.0 Å². The fraction of sp³-hybridized carbons (Fsp3) is 0.333. The van der Waals surface area contributed by atoms with Crippen molar-refractivity contribution >= 4 is 31.4 Å². The summed E-state index contributed by atoms with van der Waals surface area (Å²) in [6.07, 6.45) is 2.17. The van der Waals surface area contributed by atoms with E-state index in [1.807, 2.05) is 12.1 Å². The van der Waals surface area contributed by atoms with E-state index in [2.05, 4.69) is 9.62 Å². The molecule has 1 saturated heterocycles. The number of sulfonamides is 2. The molecule has 1 fully saturated rings. The third-order valence-corrected chi connectivity index (χ3v) is 7.72. The highest BCUT2D eigenvalue weighted by Crippen LogP contribution is 2.30. The summed E-state index contributed by atoms with van der Waals surface area (Å²) in [5, 5.41) is 0. The molecule has 9 heteroatoms. The van der Waals surface area contributed by atoms with Crippen molar-refractivity contribution in [2.45, 2.75) is 22.6 Å². The number of anilines is 2. The molecule has 2 aromatic carbocycles. The molecular weight excluding hydrogens is 386 g/mol. The third-order valence-electron chi connectivity index (χ3n) is 4.51. The summed E-state index contributed by atoms with van der Waals surface area (Å²) in [5.41, 5.74) is 1.37. The van der Waals surface area contributed by atoms with Gasteiger partial charge in [-0.3, -0.25) is 4.72 Å². The van der Waals surface area contributed by atoms with Gasteiger partial charge in [-0.25, -0.2) is 21.1 Å². The first-order valence-corrected chi connectivity index (χ1v) is 11.5. The van der Waals surface area contributed by atoms with Crippen molar-refractivity contribution in [1.82, 2.24) is 4.31 Å². The van der Waals surface area contributed by atoms with Gasteiger partial charge in [0.1, 0.15) is 0 Å². The number of para-hydroxylation sites is 2. The average Bonchev–Trinajstić information content (AvgIpc) is 3.16. The molecule has 0 aromatic heterocycles. The molecule has 0 saturated carbocycles. The maximum absolute atomic E-state index is 12.8. The lowest BCUT2D eigenvalue weighted by molar-refractivity contribution is 0.520. The predicted octanol–water partition coefficient (Wildman–Crippen LogP) is 2.34. The summed E-state index contributed by atoms with van der Waals surface area (Å²) in [4.78, 5) is 2.21. The zero-order chi connectivity index (χ0) is 19.7. The van der Waals surface area contributed by atoms with E-state index in [0.29, 0.717) is 5.69 Å². The van der Waals surface area contributed by atoms with Gasteiger partial charge in [-0.1, -0.05) is 12.1 Å². The maximum atomic E-state index is 12.8. The van der Waals surface area contributed by atoms with Crippen molar-refractivity contribution in [3.8, 4) is 0 Å². The number of benzene rings is 2. The highest BCUT2D eigenvalue weighted by atomic mass is 32.2. The van der Waals surface area contributed by atoms with Crippen LogP contribution in [-0.2, 0) is 20.0 Å². The Morgan fingerprint density at radius 1 is 0.852 bits per heavy atom. The highest BCUT2D eigenvalue weighted by Gasteiger charge is 2.22. The first-order chi connectivity index (χ1) is 12.7. The Balaban J connectivity index is 1.88.